The highest BCUT2D eigenvalue weighted by atomic mass is 79.9. The van der Waals surface area contributed by atoms with Gasteiger partial charge >= 0.3 is 0 Å². The maximum Gasteiger partial charge on any atom is 0.183 e. The number of hydrogen-bond donors (Lipinski definition) is 1. The number of nitrogens with two attached hydrogens (primary N) is 1. The van der Waals surface area contributed by atoms with E-state index in [1.165, 1.54) is 0 Å². The zero-order chi connectivity index (χ0) is 12.7. The van der Waals surface area contributed by atoms with Crippen molar-refractivity contribution in [1.29, 1.82) is 0 Å². The van der Waals surface area contributed by atoms with E-state index in [1.807, 2.05) is 37.3 Å². The summed E-state index contributed by atoms with van der Waals surface area (Å²) in [6, 6.07) is 9.78. The first-order valence-electron chi connectivity index (χ1n) is 5.52. The largest absolute Gasteiger partial charge is 0.397 e. The second-order valence-corrected chi connectivity index (χ2v) is 4.99. The normalized spacial score (nSPS) is 11.0. The van der Waals surface area contributed by atoms with E-state index in [4.69, 9.17) is 5.73 Å². The quantitative estimate of drug-likeness (QED) is 0.751. The van der Waals surface area contributed by atoms with Gasteiger partial charge in [0, 0.05) is 10.0 Å². The smallest absolute Gasteiger partial charge is 0.183 e. The predicted octanol–water partition coefficient (Wildman–Crippen LogP) is 3.05. The zero-order valence-electron chi connectivity index (χ0n) is 9.76. The molecule has 90 valence electrons. The monoisotopic (exact) mass is 302 g/mol. The molecule has 0 aliphatic rings. The van der Waals surface area contributed by atoms with Crippen LogP contribution in [0.1, 0.15) is 5.56 Å². The Morgan fingerprint density at radius 3 is 2.83 bits per heavy atom. The zero-order valence-corrected chi connectivity index (χ0v) is 11.3. The molecule has 0 spiro atoms. The summed E-state index contributed by atoms with van der Waals surface area (Å²) in [4.78, 5) is 4.55. The third-order valence-corrected chi connectivity index (χ3v) is 3.44. The standard InChI is InChI=1S/C13H11BrN4/c1-8-6-9(15)7-18-13(8)16-12(17-18)10-4-2-3-5-11(10)14/h2-7H,15H2,1H3. The van der Waals surface area contributed by atoms with Crippen molar-refractivity contribution in [1.82, 2.24) is 14.6 Å². The lowest BCUT2D eigenvalue weighted by Crippen LogP contribution is -1.94. The van der Waals surface area contributed by atoms with Gasteiger partial charge in [-0.05, 0) is 30.7 Å². The fourth-order valence-electron chi connectivity index (χ4n) is 1.93. The average Bonchev–Trinajstić information content (AvgIpc) is 2.73. The molecule has 4 nitrogen and oxygen atoms in total. The van der Waals surface area contributed by atoms with E-state index >= 15 is 0 Å². The molecule has 2 heterocycles. The molecule has 0 atom stereocenters. The van der Waals surface area contributed by atoms with Crippen molar-refractivity contribution in [3.05, 3.63) is 46.6 Å². The van der Waals surface area contributed by atoms with Crippen molar-refractivity contribution in [3.8, 4) is 11.4 Å². The van der Waals surface area contributed by atoms with Crippen molar-refractivity contribution in [2.45, 2.75) is 6.92 Å². The Hall–Kier alpha value is -1.88. The minimum Gasteiger partial charge on any atom is -0.397 e. The second kappa shape index (κ2) is 4.10. The van der Waals surface area contributed by atoms with E-state index in [0.29, 0.717) is 11.5 Å². The summed E-state index contributed by atoms with van der Waals surface area (Å²) in [5.41, 5.74) is 9.30. The molecule has 0 amide bonds. The molecule has 1 aromatic carbocycles. The molecule has 0 unspecified atom stereocenters. The topological polar surface area (TPSA) is 56.2 Å². The molecule has 2 N–H and O–H groups in total. The summed E-state index contributed by atoms with van der Waals surface area (Å²) in [6.07, 6.45) is 1.77. The molecule has 0 aliphatic heterocycles. The Morgan fingerprint density at radius 2 is 2.06 bits per heavy atom. The molecule has 0 saturated carbocycles. The molecule has 0 bridgehead atoms. The third-order valence-electron chi connectivity index (χ3n) is 2.75. The number of anilines is 1. The third kappa shape index (κ3) is 1.76. The number of aromatic nitrogens is 3. The first-order valence-corrected chi connectivity index (χ1v) is 6.32. The lowest BCUT2D eigenvalue weighted by molar-refractivity contribution is 0.962. The number of aryl methyl sites for hydroxylation is 1. The van der Waals surface area contributed by atoms with Crippen LogP contribution in [-0.2, 0) is 0 Å². The van der Waals surface area contributed by atoms with Gasteiger partial charge in [-0.25, -0.2) is 9.50 Å². The van der Waals surface area contributed by atoms with Crippen molar-refractivity contribution in [2.75, 3.05) is 5.73 Å². The van der Waals surface area contributed by atoms with Crippen molar-refractivity contribution >= 4 is 27.3 Å². The van der Waals surface area contributed by atoms with Gasteiger partial charge in [0.25, 0.3) is 0 Å². The highest BCUT2D eigenvalue weighted by Gasteiger charge is 2.10. The van der Waals surface area contributed by atoms with E-state index in [9.17, 15) is 0 Å². The van der Waals surface area contributed by atoms with Crippen LogP contribution in [0.5, 0.6) is 0 Å². The lowest BCUT2D eigenvalue weighted by atomic mass is 10.2. The van der Waals surface area contributed by atoms with Crippen LogP contribution in [0.4, 0.5) is 5.69 Å². The predicted molar refractivity (Wildman–Crippen MR) is 75.3 cm³/mol. The van der Waals surface area contributed by atoms with Gasteiger partial charge in [-0.15, -0.1) is 5.10 Å². The second-order valence-electron chi connectivity index (χ2n) is 4.14. The van der Waals surface area contributed by atoms with Crippen LogP contribution in [0.2, 0.25) is 0 Å². The van der Waals surface area contributed by atoms with Crippen LogP contribution in [0.3, 0.4) is 0 Å². The number of benzene rings is 1. The van der Waals surface area contributed by atoms with Gasteiger partial charge in [0.05, 0.1) is 11.9 Å². The SMILES string of the molecule is Cc1cc(N)cn2nc(-c3ccccc3Br)nc12. The molecule has 0 saturated heterocycles. The van der Waals surface area contributed by atoms with Crippen LogP contribution in [0.25, 0.3) is 17.0 Å². The van der Waals surface area contributed by atoms with E-state index < -0.39 is 0 Å². The highest BCUT2D eigenvalue weighted by Crippen LogP contribution is 2.26. The van der Waals surface area contributed by atoms with Gasteiger partial charge in [0.15, 0.2) is 11.5 Å². The lowest BCUT2D eigenvalue weighted by Gasteiger charge is -1.97. The molecule has 2 aromatic heterocycles. The molecule has 5 heteroatoms. The Labute approximate surface area is 113 Å². The first-order chi connectivity index (χ1) is 8.65. The molecule has 0 aliphatic carbocycles. The molecule has 0 radical (unpaired) electrons. The molecular formula is C13H11BrN4. The van der Waals surface area contributed by atoms with Gasteiger partial charge in [0.1, 0.15) is 0 Å². The van der Waals surface area contributed by atoms with Crippen LogP contribution >= 0.6 is 15.9 Å². The fraction of sp³-hybridized carbons (Fsp3) is 0.0769. The van der Waals surface area contributed by atoms with Gasteiger partial charge in [-0.3, -0.25) is 0 Å². The van der Waals surface area contributed by atoms with Crippen LogP contribution in [0, 0.1) is 6.92 Å². The van der Waals surface area contributed by atoms with Crippen LogP contribution in [0.15, 0.2) is 41.0 Å². The number of nitrogens with zero attached hydrogens (tertiary/aromatic N) is 3. The number of nitrogen functional groups attached to an aromatic ring is 1. The highest BCUT2D eigenvalue weighted by molar-refractivity contribution is 9.10. The van der Waals surface area contributed by atoms with Crippen LogP contribution in [-0.4, -0.2) is 14.6 Å². The van der Waals surface area contributed by atoms with Crippen molar-refractivity contribution in [2.24, 2.45) is 0 Å². The maximum absolute atomic E-state index is 5.80. The summed E-state index contributed by atoms with van der Waals surface area (Å²) in [6.45, 7) is 1.98. The summed E-state index contributed by atoms with van der Waals surface area (Å²) in [7, 11) is 0. The van der Waals surface area contributed by atoms with Crippen LogP contribution < -0.4 is 5.73 Å². The van der Waals surface area contributed by atoms with Gasteiger partial charge < -0.3 is 5.73 Å². The van der Waals surface area contributed by atoms with Gasteiger partial charge in [-0.1, -0.05) is 28.1 Å². The summed E-state index contributed by atoms with van der Waals surface area (Å²) in [5.74, 6) is 0.691. The maximum atomic E-state index is 5.80. The van der Waals surface area contributed by atoms with E-state index in [0.717, 1.165) is 21.2 Å². The first kappa shape index (κ1) is 11.2. The van der Waals surface area contributed by atoms with E-state index in [1.54, 1.807) is 10.7 Å². The summed E-state index contributed by atoms with van der Waals surface area (Å²) < 4.78 is 2.70. The Bertz CT molecular complexity index is 733. The Kier molecular flexibility index (Phi) is 2.56. The molecular weight excluding hydrogens is 292 g/mol. The minimum atomic E-state index is 0.684. The Balaban J connectivity index is 2.26. The van der Waals surface area contributed by atoms with E-state index in [-0.39, 0.29) is 0 Å². The van der Waals surface area contributed by atoms with Gasteiger partial charge in [-0.2, -0.15) is 0 Å². The van der Waals surface area contributed by atoms with Crippen molar-refractivity contribution < 1.29 is 0 Å². The number of fused-ring (bicyclic) bond motifs is 1. The summed E-state index contributed by atoms with van der Waals surface area (Å²) >= 11 is 3.51. The molecule has 18 heavy (non-hydrogen) atoms. The minimum absolute atomic E-state index is 0.684. The number of hydrogen-bond acceptors (Lipinski definition) is 3. The Morgan fingerprint density at radius 1 is 1.28 bits per heavy atom. The molecule has 3 rings (SSSR count). The molecule has 3 aromatic rings. The number of halogens is 1. The van der Waals surface area contributed by atoms with E-state index in [2.05, 4.69) is 26.0 Å². The summed E-state index contributed by atoms with van der Waals surface area (Å²) in [5, 5.41) is 4.46. The number of rotatable bonds is 1. The molecule has 0 fully saturated rings. The van der Waals surface area contributed by atoms with Gasteiger partial charge in [0.2, 0.25) is 0 Å². The number of pyridine rings is 1. The van der Waals surface area contributed by atoms with Crippen molar-refractivity contribution in [3.63, 3.8) is 0 Å². The average molecular weight is 303 g/mol. The fourth-order valence-corrected chi connectivity index (χ4v) is 2.39.